The summed E-state index contributed by atoms with van der Waals surface area (Å²) in [4.78, 5) is 0. The van der Waals surface area contributed by atoms with Crippen LogP contribution in [-0.2, 0) is 0 Å². The van der Waals surface area contributed by atoms with Gasteiger partial charge in [-0.2, -0.15) is 0 Å². The minimum absolute atomic E-state index is 0.131. The molecule has 2 atom stereocenters. The third kappa shape index (κ3) is 4.41. The molecule has 1 aromatic rings. The molecule has 0 unspecified atom stereocenters. The van der Waals surface area contributed by atoms with Crippen LogP contribution in [0.2, 0.25) is 0 Å². The Balaban J connectivity index is 2.67. The topological polar surface area (TPSA) is 20.2 Å². The molecule has 1 N–H and O–H groups in total. The highest BCUT2D eigenvalue weighted by atomic mass is 32.2. The van der Waals surface area contributed by atoms with E-state index in [1.165, 1.54) is 11.1 Å². The smallest absolute Gasteiger partial charge is 0.0659 e. The van der Waals surface area contributed by atoms with Gasteiger partial charge in [-0.25, -0.2) is 0 Å². The van der Waals surface area contributed by atoms with Crippen LogP contribution in [0.5, 0.6) is 0 Å². The summed E-state index contributed by atoms with van der Waals surface area (Å²) in [5, 5.41) is 10.2. The monoisotopic (exact) mass is 268 g/mol. The molecule has 0 aliphatic heterocycles. The molecule has 0 heterocycles. The molecule has 3 heteroatoms. The Morgan fingerprint density at radius 1 is 1.41 bits per heavy atom. The van der Waals surface area contributed by atoms with Crippen molar-refractivity contribution in [2.75, 3.05) is 5.75 Å². The molecule has 1 rings (SSSR count). The summed E-state index contributed by atoms with van der Waals surface area (Å²) in [6, 6.07) is 8.21. The maximum atomic E-state index is 10.2. The van der Waals surface area contributed by atoms with E-state index < -0.39 is 0 Å². The van der Waals surface area contributed by atoms with E-state index in [2.05, 4.69) is 32.9 Å². The summed E-state index contributed by atoms with van der Waals surface area (Å²) < 4.78 is 0.903. The standard InChI is InChI=1S/C14H20OS2/c1-4-17-14(16)9-13(15)11(3)12-8-6-5-7-10(12)2/h5-8,11,13,15H,4,9H2,1-3H3/t11-,13+/m1/s1. The first-order valence-electron chi connectivity index (χ1n) is 5.95. The fourth-order valence-corrected chi connectivity index (χ4v) is 3.01. The summed E-state index contributed by atoms with van der Waals surface area (Å²) in [6.07, 6.45) is 0.214. The average molecular weight is 268 g/mol. The Hall–Kier alpha value is -0.380. The minimum Gasteiger partial charge on any atom is -0.392 e. The third-order valence-electron chi connectivity index (χ3n) is 2.94. The molecule has 0 aliphatic rings. The molecule has 0 saturated heterocycles. The Bertz CT molecular complexity index is 376. The average Bonchev–Trinajstić information content (AvgIpc) is 2.29. The van der Waals surface area contributed by atoms with E-state index in [0.717, 1.165) is 9.95 Å². The molecule has 1 aromatic carbocycles. The molecule has 0 bridgehead atoms. The quantitative estimate of drug-likeness (QED) is 0.817. The summed E-state index contributed by atoms with van der Waals surface area (Å²) in [5.41, 5.74) is 2.44. The van der Waals surface area contributed by atoms with E-state index in [0.29, 0.717) is 6.42 Å². The van der Waals surface area contributed by atoms with E-state index in [1.807, 2.05) is 12.1 Å². The van der Waals surface area contributed by atoms with Crippen LogP contribution in [0.25, 0.3) is 0 Å². The van der Waals surface area contributed by atoms with Gasteiger partial charge in [0.25, 0.3) is 0 Å². The lowest BCUT2D eigenvalue weighted by Gasteiger charge is -2.21. The van der Waals surface area contributed by atoms with Gasteiger partial charge in [-0.3, -0.25) is 0 Å². The van der Waals surface area contributed by atoms with Gasteiger partial charge in [0.2, 0.25) is 0 Å². The number of benzene rings is 1. The second-order valence-electron chi connectivity index (χ2n) is 4.22. The van der Waals surface area contributed by atoms with E-state index in [-0.39, 0.29) is 12.0 Å². The molecule has 0 radical (unpaired) electrons. The fraction of sp³-hybridized carbons (Fsp3) is 0.500. The second kappa shape index (κ2) is 7.14. The van der Waals surface area contributed by atoms with Crippen molar-refractivity contribution in [1.82, 2.24) is 0 Å². The molecule has 17 heavy (non-hydrogen) atoms. The van der Waals surface area contributed by atoms with Crippen molar-refractivity contribution in [3.05, 3.63) is 35.4 Å². The second-order valence-corrected chi connectivity index (χ2v) is 6.33. The van der Waals surface area contributed by atoms with Gasteiger partial charge < -0.3 is 5.11 Å². The summed E-state index contributed by atoms with van der Waals surface area (Å²) >= 11 is 6.88. The number of hydrogen-bond donors (Lipinski definition) is 1. The van der Waals surface area contributed by atoms with Crippen molar-refractivity contribution in [2.45, 2.75) is 39.2 Å². The first-order chi connectivity index (χ1) is 8.06. The van der Waals surface area contributed by atoms with Gasteiger partial charge in [0.05, 0.1) is 10.3 Å². The zero-order chi connectivity index (χ0) is 12.8. The molecular weight excluding hydrogens is 248 g/mol. The highest BCUT2D eigenvalue weighted by Crippen LogP contribution is 2.25. The van der Waals surface area contributed by atoms with Crippen molar-refractivity contribution in [3.63, 3.8) is 0 Å². The number of thiocarbonyl (C=S) groups is 1. The van der Waals surface area contributed by atoms with Gasteiger partial charge in [-0.05, 0) is 23.8 Å². The van der Waals surface area contributed by atoms with Crippen LogP contribution in [0.15, 0.2) is 24.3 Å². The molecule has 0 amide bonds. The lowest BCUT2D eigenvalue weighted by atomic mass is 9.91. The molecule has 0 aliphatic carbocycles. The first kappa shape index (κ1) is 14.7. The Kier molecular flexibility index (Phi) is 6.17. The number of hydrogen-bond acceptors (Lipinski definition) is 3. The van der Waals surface area contributed by atoms with Crippen LogP contribution in [0, 0.1) is 6.92 Å². The van der Waals surface area contributed by atoms with Crippen LogP contribution in [-0.4, -0.2) is 21.2 Å². The van der Waals surface area contributed by atoms with Crippen molar-refractivity contribution in [1.29, 1.82) is 0 Å². The van der Waals surface area contributed by atoms with Crippen molar-refractivity contribution in [3.8, 4) is 0 Å². The molecule has 0 spiro atoms. The number of rotatable bonds is 5. The Labute approximate surface area is 114 Å². The van der Waals surface area contributed by atoms with Gasteiger partial charge >= 0.3 is 0 Å². The SMILES string of the molecule is CCSC(=S)C[C@H](O)[C@H](C)c1ccccc1C. The predicted molar refractivity (Wildman–Crippen MR) is 80.9 cm³/mol. The van der Waals surface area contributed by atoms with Gasteiger partial charge in [-0.15, -0.1) is 11.8 Å². The molecule has 0 fully saturated rings. The van der Waals surface area contributed by atoms with Crippen LogP contribution >= 0.6 is 24.0 Å². The van der Waals surface area contributed by atoms with E-state index >= 15 is 0 Å². The van der Waals surface area contributed by atoms with E-state index in [1.54, 1.807) is 11.8 Å². The van der Waals surface area contributed by atoms with Crippen molar-refractivity contribution < 1.29 is 5.11 Å². The van der Waals surface area contributed by atoms with Crippen molar-refractivity contribution in [2.24, 2.45) is 0 Å². The largest absolute Gasteiger partial charge is 0.392 e. The number of aliphatic hydroxyl groups is 1. The van der Waals surface area contributed by atoms with Gasteiger partial charge in [-0.1, -0.05) is 50.3 Å². The van der Waals surface area contributed by atoms with Gasteiger partial charge in [0, 0.05) is 12.3 Å². The normalized spacial score (nSPS) is 14.4. The molecule has 1 nitrogen and oxygen atoms in total. The predicted octanol–water partition coefficient (Wildman–Crippen LogP) is 3.93. The molecular formula is C14H20OS2. The third-order valence-corrected chi connectivity index (χ3v) is 4.23. The zero-order valence-electron chi connectivity index (χ0n) is 10.6. The fourth-order valence-electron chi connectivity index (χ4n) is 1.87. The first-order valence-corrected chi connectivity index (χ1v) is 7.34. The zero-order valence-corrected chi connectivity index (χ0v) is 12.3. The van der Waals surface area contributed by atoms with Gasteiger partial charge in [0.15, 0.2) is 0 Å². The maximum Gasteiger partial charge on any atom is 0.0659 e. The lowest BCUT2D eigenvalue weighted by Crippen LogP contribution is -2.19. The lowest BCUT2D eigenvalue weighted by molar-refractivity contribution is 0.158. The summed E-state index contributed by atoms with van der Waals surface area (Å²) in [7, 11) is 0. The number of aryl methyl sites for hydroxylation is 1. The van der Waals surface area contributed by atoms with Crippen LogP contribution in [0.1, 0.15) is 37.3 Å². The maximum absolute atomic E-state index is 10.2. The van der Waals surface area contributed by atoms with Crippen LogP contribution in [0.4, 0.5) is 0 Å². The summed E-state index contributed by atoms with van der Waals surface area (Å²) in [5.74, 6) is 1.11. The Morgan fingerprint density at radius 3 is 2.65 bits per heavy atom. The van der Waals surface area contributed by atoms with E-state index in [4.69, 9.17) is 12.2 Å². The van der Waals surface area contributed by atoms with Gasteiger partial charge in [0.1, 0.15) is 0 Å². The highest BCUT2D eigenvalue weighted by Gasteiger charge is 2.19. The molecule has 94 valence electrons. The molecule has 0 saturated carbocycles. The number of thioether (sulfide) groups is 1. The number of aliphatic hydroxyl groups excluding tert-OH is 1. The summed E-state index contributed by atoms with van der Waals surface area (Å²) in [6.45, 7) is 6.22. The van der Waals surface area contributed by atoms with Crippen molar-refractivity contribution >= 4 is 28.2 Å². The minimum atomic E-state index is -0.386. The molecule has 0 aromatic heterocycles. The Morgan fingerprint density at radius 2 is 2.06 bits per heavy atom. The highest BCUT2D eigenvalue weighted by molar-refractivity contribution is 8.23. The van der Waals surface area contributed by atoms with Crippen LogP contribution in [0.3, 0.4) is 0 Å². The van der Waals surface area contributed by atoms with Crippen LogP contribution < -0.4 is 0 Å². The van der Waals surface area contributed by atoms with E-state index in [9.17, 15) is 5.11 Å².